The molecule has 0 saturated heterocycles. The lowest BCUT2D eigenvalue weighted by Gasteiger charge is -2.20. The fourth-order valence-corrected chi connectivity index (χ4v) is 2.98. The van der Waals surface area contributed by atoms with Crippen LogP contribution in [0.2, 0.25) is 0 Å². The maximum absolute atomic E-state index is 13.8. The quantitative estimate of drug-likeness (QED) is 0.857. The highest BCUT2D eigenvalue weighted by Gasteiger charge is 2.12. The molecule has 3 rings (SSSR count). The largest absolute Gasteiger partial charge is 0.381 e. The van der Waals surface area contributed by atoms with Gasteiger partial charge in [0, 0.05) is 17.8 Å². The number of rotatable bonds is 3. The van der Waals surface area contributed by atoms with Crippen LogP contribution < -0.4 is 5.32 Å². The van der Waals surface area contributed by atoms with E-state index < -0.39 is 0 Å². The number of fused-ring (bicyclic) bond motifs is 1. The van der Waals surface area contributed by atoms with E-state index in [0.717, 1.165) is 17.5 Å². The van der Waals surface area contributed by atoms with Gasteiger partial charge in [0.2, 0.25) is 0 Å². The molecule has 0 fully saturated rings. The fraction of sp³-hybridized carbons (Fsp3) is 0.333. The second kappa shape index (κ2) is 5.66. The zero-order chi connectivity index (χ0) is 13.9. The van der Waals surface area contributed by atoms with Gasteiger partial charge in [-0.25, -0.2) is 4.39 Å². The average molecular weight is 269 g/mol. The molecule has 104 valence electrons. The average Bonchev–Trinajstić information content (AvgIpc) is 2.48. The zero-order valence-corrected chi connectivity index (χ0v) is 11.9. The van der Waals surface area contributed by atoms with Crippen LogP contribution >= 0.6 is 0 Å². The first-order chi connectivity index (χ1) is 9.74. The Bertz CT molecular complexity index is 619. The molecule has 0 atom stereocenters. The van der Waals surface area contributed by atoms with Gasteiger partial charge in [0.25, 0.3) is 0 Å². The smallest absolute Gasteiger partial charge is 0.128 e. The van der Waals surface area contributed by atoms with Gasteiger partial charge in [0.1, 0.15) is 5.82 Å². The Kier molecular flexibility index (Phi) is 3.72. The summed E-state index contributed by atoms with van der Waals surface area (Å²) in [6, 6.07) is 11.7. The van der Waals surface area contributed by atoms with Gasteiger partial charge in [-0.15, -0.1) is 0 Å². The molecule has 0 saturated carbocycles. The summed E-state index contributed by atoms with van der Waals surface area (Å²) >= 11 is 0. The van der Waals surface area contributed by atoms with E-state index in [0.29, 0.717) is 6.54 Å². The minimum Gasteiger partial charge on any atom is -0.381 e. The van der Waals surface area contributed by atoms with Gasteiger partial charge in [0.15, 0.2) is 0 Å². The molecule has 0 aliphatic heterocycles. The summed E-state index contributed by atoms with van der Waals surface area (Å²) in [5.74, 6) is -0.132. The van der Waals surface area contributed by atoms with Gasteiger partial charge in [-0.1, -0.05) is 29.8 Å². The van der Waals surface area contributed by atoms with Crippen molar-refractivity contribution < 1.29 is 4.39 Å². The van der Waals surface area contributed by atoms with Crippen molar-refractivity contribution >= 4 is 5.69 Å². The minimum atomic E-state index is -0.132. The van der Waals surface area contributed by atoms with E-state index in [2.05, 4.69) is 23.5 Å². The van der Waals surface area contributed by atoms with Crippen molar-refractivity contribution in [3.63, 3.8) is 0 Å². The third-order valence-corrected chi connectivity index (χ3v) is 4.07. The summed E-state index contributed by atoms with van der Waals surface area (Å²) in [5, 5.41) is 3.42. The molecule has 2 heteroatoms. The predicted molar refractivity (Wildman–Crippen MR) is 81.5 cm³/mol. The number of benzene rings is 2. The fourth-order valence-electron chi connectivity index (χ4n) is 2.98. The standard InChI is InChI=1S/C18H20FN/c1-13-9-10-17(19)15(11-13)12-20-18-8-4-6-14-5-2-3-7-16(14)18/h4,6,8-11,20H,2-3,5,7,12H2,1H3. The van der Waals surface area contributed by atoms with E-state index in [1.165, 1.54) is 36.1 Å². The third-order valence-electron chi connectivity index (χ3n) is 4.07. The number of anilines is 1. The molecule has 0 spiro atoms. The molecule has 0 aromatic heterocycles. The third kappa shape index (κ3) is 2.69. The van der Waals surface area contributed by atoms with E-state index in [4.69, 9.17) is 0 Å². The molecule has 2 aromatic carbocycles. The molecule has 0 bridgehead atoms. The maximum Gasteiger partial charge on any atom is 0.128 e. The molecular weight excluding hydrogens is 249 g/mol. The van der Waals surface area contributed by atoms with Crippen LogP contribution in [0, 0.1) is 12.7 Å². The molecule has 2 aromatic rings. The van der Waals surface area contributed by atoms with Gasteiger partial charge in [-0.05, 0) is 55.9 Å². The van der Waals surface area contributed by atoms with Crippen LogP contribution in [0.4, 0.5) is 10.1 Å². The molecule has 0 heterocycles. The molecule has 1 N–H and O–H groups in total. The number of nitrogens with one attached hydrogen (secondary N) is 1. The number of hydrogen-bond donors (Lipinski definition) is 1. The molecule has 0 amide bonds. The molecule has 1 aliphatic carbocycles. The molecule has 20 heavy (non-hydrogen) atoms. The van der Waals surface area contributed by atoms with Crippen LogP contribution in [0.25, 0.3) is 0 Å². The lowest BCUT2D eigenvalue weighted by Crippen LogP contribution is -2.09. The van der Waals surface area contributed by atoms with Gasteiger partial charge in [0.05, 0.1) is 0 Å². The van der Waals surface area contributed by atoms with Crippen molar-refractivity contribution in [3.05, 3.63) is 64.5 Å². The Morgan fingerprint density at radius 2 is 1.95 bits per heavy atom. The topological polar surface area (TPSA) is 12.0 Å². The molecule has 0 radical (unpaired) electrons. The SMILES string of the molecule is Cc1ccc(F)c(CNc2cccc3c2CCCC3)c1. The van der Waals surface area contributed by atoms with E-state index in [1.807, 2.05) is 19.1 Å². The minimum absolute atomic E-state index is 0.132. The second-order valence-corrected chi connectivity index (χ2v) is 5.60. The summed E-state index contributed by atoms with van der Waals surface area (Å²) in [4.78, 5) is 0. The Hall–Kier alpha value is -1.83. The van der Waals surface area contributed by atoms with Crippen molar-refractivity contribution in [3.8, 4) is 0 Å². The zero-order valence-electron chi connectivity index (χ0n) is 11.9. The van der Waals surface area contributed by atoms with E-state index in [9.17, 15) is 4.39 Å². The summed E-state index contributed by atoms with van der Waals surface area (Å²) in [6.07, 6.45) is 4.84. The lowest BCUT2D eigenvalue weighted by atomic mass is 9.90. The van der Waals surface area contributed by atoms with Gasteiger partial charge < -0.3 is 5.32 Å². The summed E-state index contributed by atoms with van der Waals surface area (Å²) in [6.45, 7) is 2.54. The van der Waals surface area contributed by atoms with Crippen LogP contribution in [0.3, 0.4) is 0 Å². The number of halogens is 1. The Morgan fingerprint density at radius 3 is 2.85 bits per heavy atom. The van der Waals surface area contributed by atoms with Crippen LogP contribution in [0.15, 0.2) is 36.4 Å². The van der Waals surface area contributed by atoms with E-state index in [-0.39, 0.29) is 5.82 Å². The Labute approximate surface area is 119 Å². The van der Waals surface area contributed by atoms with Crippen molar-refractivity contribution in [2.24, 2.45) is 0 Å². The molecule has 1 nitrogen and oxygen atoms in total. The van der Waals surface area contributed by atoms with Crippen LogP contribution in [0.1, 0.15) is 35.1 Å². The monoisotopic (exact) mass is 269 g/mol. The first kappa shape index (κ1) is 13.2. The van der Waals surface area contributed by atoms with Crippen LogP contribution in [-0.4, -0.2) is 0 Å². The Balaban J connectivity index is 1.80. The maximum atomic E-state index is 13.8. The second-order valence-electron chi connectivity index (χ2n) is 5.60. The van der Waals surface area contributed by atoms with Crippen molar-refractivity contribution in [1.29, 1.82) is 0 Å². The lowest BCUT2D eigenvalue weighted by molar-refractivity contribution is 0.612. The normalized spacial score (nSPS) is 13.9. The Morgan fingerprint density at radius 1 is 1.10 bits per heavy atom. The van der Waals surface area contributed by atoms with Gasteiger partial charge in [-0.2, -0.15) is 0 Å². The van der Waals surface area contributed by atoms with Gasteiger partial charge in [-0.3, -0.25) is 0 Å². The van der Waals surface area contributed by atoms with Crippen LogP contribution in [0.5, 0.6) is 0 Å². The first-order valence-corrected chi connectivity index (χ1v) is 7.34. The predicted octanol–water partition coefficient (Wildman–Crippen LogP) is 4.63. The van der Waals surface area contributed by atoms with Crippen molar-refractivity contribution in [2.75, 3.05) is 5.32 Å². The summed E-state index contributed by atoms with van der Waals surface area (Å²) in [5.41, 5.74) is 5.87. The van der Waals surface area contributed by atoms with Crippen LogP contribution in [-0.2, 0) is 19.4 Å². The van der Waals surface area contributed by atoms with E-state index >= 15 is 0 Å². The van der Waals surface area contributed by atoms with E-state index in [1.54, 1.807) is 6.07 Å². The molecule has 0 unspecified atom stereocenters. The number of aryl methyl sites for hydroxylation is 2. The van der Waals surface area contributed by atoms with Crippen molar-refractivity contribution in [1.82, 2.24) is 0 Å². The summed E-state index contributed by atoms with van der Waals surface area (Å²) in [7, 11) is 0. The highest BCUT2D eigenvalue weighted by molar-refractivity contribution is 5.56. The highest BCUT2D eigenvalue weighted by Crippen LogP contribution is 2.28. The number of hydrogen-bond acceptors (Lipinski definition) is 1. The highest BCUT2D eigenvalue weighted by atomic mass is 19.1. The first-order valence-electron chi connectivity index (χ1n) is 7.34. The molecule has 1 aliphatic rings. The van der Waals surface area contributed by atoms with Crippen molar-refractivity contribution in [2.45, 2.75) is 39.2 Å². The molecular formula is C18H20FN. The summed E-state index contributed by atoms with van der Waals surface area (Å²) < 4.78 is 13.8. The van der Waals surface area contributed by atoms with Gasteiger partial charge >= 0.3 is 0 Å².